The number of nitrogens with zero attached hydrogens (tertiary/aromatic N) is 1. The highest BCUT2D eigenvalue weighted by Gasteiger charge is 2.39. The Balaban J connectivity index is 1.56. The smallest absolute Gasteiger partial charge is 0.175 e. The third kappa shape index (κ3) is 3.99. The summed E-state index contributed by atoms with van der Waals surface area (Å²) in [5.74, 6) is 0. The predicted molar refractivity (Wildman–Crippen MR) is 90.0 cm³/mol. The Labute approximate surface area is 137 Å². The van der Waals surface area contributed by atoms with Gasteiger partial charge in [0.15, 0.2) is 9.84 Å². The van der Waals surface area contributed by atoms with E-state index in [2.05, 4.69) is 17.0 Å². The van der Waals surface area contributed by atoms with E-state index in [1.807, 2.05) is 18.2 Å². The van der Waals surface area contributed by atoms with Gasteiger partial charge in [-0.1, -0.05) is 42.5 Å². The van der Waals surface area contributed by atoms with E-state index in [1.165, 1.54) is 11.8 Å². The maximum absolute atomic E-state index is 11.5. The van der Waals surface area contributed by atoms with Crippen LogP contribution < -0.4 is 0 Å². The molecule has 0 aliphatic carbocycles. The van der Waals surface area contributed by atoms with Gasteiger partial charge in [0.1, 0.15) is 0 Å². The zero-order valence-corrected chi connectivity index (χ0v) is 13.9. The zero-order chi connectivity index (χ0) is 16.4. The van der Waals surface area contributed by atoms with Crippen LogP contribution in [0.1, 0.15) is 17.2 Å². The standard InChI is InChI=1S/C18H21NO3S/c1-23(21,22)16-9-7-15(8-10-16)18(20)17-13-19(17)12-11-14-5-3-2-4-6-14/h2-10,17-18,20H,11-13H2,1H3/t17?,18?,19-/m1/s1. The molecule has 0 spiro atoms. The van der Waals surface area contributed by atoms with Crippen molar-refractivity contribution in [2.75, 3.05) is 19.3 Å². The monoisotopic (exact) mass is 331 g/mol. The van der Waals surface area contributed by atoms with Gasteiger partial charge in [-0.05, 0) is 29.7 Å². The summed E-state index contributed by atoms with van der Waals surface area (Å²) in [7, 11) is -3.19. The van der Waals surface area contributed by atoms with Crippen molar-refractivity contribution in [2.45, 2.75) is 23.5 Å². The molecule has 1 fully saturated rings. The molecule has 0 radical (unpaired) electrons. The van der Waals surface area contributed by atoms with Crippen LogP contribution in [0.5, 0.6) is 0 Å². The molecule has 1 aliphatic rings. The van der Waals surface area contributed by atoms with Crippen molar-refractivity contribution in [2.24, 2.45) is 0 Å². The molecule has 1 aliphatic heterocycles. The molecule has 1 saturated heterocycles. The molecule has 5 heteroatoms. The number of hydrogen-bond acceptors (Lipinski definition) is 4. The van der Waals surface area contributed by atoms with Crippen LogP contribution in [0, 0.1) is 0 Å². The van der Waals surface area contributed by atoms with E-state index in [0.29, 0.717) is 0 Å². The van der Waals surface area contributed by atoms with Gasteiger partial charge in [-0.25, -0.2) is 8.42 Å². The van der Waals surface area contributed by atoms with E-state index in [9.17, 15) is 13.5 Å². The highest BCUT2D eigenvalue weighted by molar-refractivity contribution is 7.90. The lowest BCUT2D eigenvalue weighted by Gasteiger charge is -2.12. The van der Waals surface area contributed by atoms with E-state index < -0.39 is 15.9 Å². The second-order valence-corrected chi connectivity index (χ2v) is 8.10. The first-order chi connectivity index (χ1) is 10.9. The lowest BCUT2D eigenvalue weighted by molar-refractivity contribution is 0.158. The molecule has 2 aromatic carbocycles. The number of rotatable bonds is 6. The van der Waals surface area contributed by atoms with Crippen molar-refractivity contribution in [3.8, 4) is 0 Å². The van der Waals surface area contributed by atoms with Crippen molar-refractivity contribution in [3.63, 3.8) is 0 Å². The van der Waals surface area contributed by atoms with Crippen LogP contribution in [-0.4, -0.2) is 43.8 Å². The quantitative estimate of drug-likeness (QED) is 0.823. The molecule has 1 N–H and O–H groups in total. The van der Waals surface area contributed by atoms with Gasteiger partial charge < -0.3 is 5.11 Å². The van der Waals surface area contributed by atoms with E-state index in [-0.39, 0.29) is 10.9 Å². The summed E-state index contributed by atoms with van der Waals surface area (Å²) < 4.78 is 22.9. The fourth-order valence-electron chi connectivity index (χ4n) is 2.80. The summed E-state index contributed by atoms with van der Waals surface area (Å²) in [6.07, 6.45) is 1.58. The largest absolute Gasteiger partial charge is 0.387 e. The second-order valence-electron chi connectivity index (χ2n) is 6.08. The van der Waals surface area contributed by atoms with Crippen LogP contribution >= 0.6 is 0 Å². The average Bonchev–Trinajstić information content (AvgIpc) is 3.32. The maximum Gasteiger partial charge on any atom is 0.175 e. The molecule has 4 nitrogen and oxygen atoms in total. The molecule has 3 atom stereocenters. The summed E-state index contributed by atoms with van der Waals surface area (Å²) in [5.41, 5.74) is 2.06. The van der Waals surface area contributed by atoms with Crippen LogP contribution in [0.2, 0.25) is 0 Å². The van der Waals surface area contributed by atoms with E-state index in [4.69, 9.17) is 0 Å². The molecule has 0 bridgehead atoms. The van der Waals surface area contributed by atoms with E-state index >= 15 is 0 Å². The Bertz CT molecular complexity index is 757. The van der Waals surface area contributed by atoms with Crippen LogP contribution in [0.25, 0.3) is 0 Å². The van der Waals surface area contributed by atoms with Crippen molar-refractivity contribution in [1.82, 2.24) is 4.90 Å². The minimum Gasteiger partial charge on any atom is -0.387 e. The van der Waals surface area contributed by atoms with Crippen LogP contribution in [-0.2, 0) is 16.3 Å². The Morgan fingerprint density at radius 2 is 1.78 bits per heavy atom. The third-order valence-corrected chi connectivity index (χ3v) is 5.43. The zero-order valence-electron chi connectivity index (χ0n) is 13.1. The number of aliphatic hydroxyl groups excluding tert-OH is 1. The fourth-order valence-corrected chi connectivity index (χ4v) is 3.43. The molecule has 0 amide bonds. The summed E-state index contributed by atoms with van der Waals surface area (Å²) in [4.78, 5) is 2.52. The Hall–Kier alpha value is -1.69. The van der Waals surface area contributed by atoms with Gasteiger partial charge in [0.25, 0.3) is 0 Å². The van der Waals surface area contributed by atoms with Crippen LogP contribution in [0.4, 0.5) is 0 Å². The van der Waals surface area contributed by atoms with E-state index in [0.717, 1.165) is 25.1 Å². The molecule has 0 aromatic heterocycles. The Kier molecular flexibility index (Phi) is 4.53. The molecular weight excluding hydrogens is 310 g/mol. The lowest BCUT2D eigenvalue weighted by Crippen LogP contribution is -2.14. The Morgan fingerprint density at radius 3 is 2.39 bits per heavy atom. The molecule has 2 aromatic rings. The first kappa shape index (κ1) is 16.2. The van der Waals surface area contributed by atoms with Crippen LogP contribution in [0.3, 0.4) is 0 Å². The highest BCUT2D eigenvalue weighted by Crippen LogP contribution is 2.31. The number of sulfone groups is 1. The van der Waals surface area contributed by atoms with Crippen molar-refractivity contribution >= 4 is 9.84 Å². The molecule has 122 valence electrons. The van der Waals surface area contributed by atoms with Gasteiger partial charge in [0, 0.05) is 19.3 Å². The van der Waals surface area contributed by atoms with Gasteiger partial charge in [0.2, 0.25) is 0 Å². The fraction of sp³-hybridized carbons (Fsp3) is 0.333. The number of aliphatic hydroxyl groups is 1. The SMILES string of the molecule is CS(=O)(=O)c1ccc(C(O)C2C[N@@]2CCc2ccccc2)cc1. The lowest BCUT2D eigenvalue weighted by atomic mass is 10.1. The van der Waals surface area contributed by atoms with Gasteiger partial charge in [-0.3, -0.25) is 4.90 Å². The molecule has 0 saturated carbocycles. The first-order valence-corrected chi connectivity index (χ1v) is 9.60. The predicted octanol–water partition coefficient (Wildman–Crippen LogP) is 2.05. The summed E-state index contributed by atoms with van der Waals surface area (Å²) in [6, 6.07) is 17.0. The van der Waals surface area contributed by atoms with E-state index in [1.54, 1.807) is 24.3 Å². The molecule has 1 heterocycles. The van der Waals surface area contributed by atoms with Crippen molar-refractivity contribution < 1.29 is 13.5 Å². The number of benzene rings is 2. The minimum atomic E-state index is -3.19. The maximum atomic E-state index is 11.5. The second kappa shape index (κ2) is 6.43. The normalized spacial score (nSPS) is 21.8. The highest BCUT2D eigenvalue weighted by atomic mass is 32.2. The van der Waals surface area contributed by atoms with Gasteiger partial charge >= 0.3 is 0 Å². The minimum absolute atomic E-state index is 0.128. The van der Waals surface area contributed by atoms with Crippen molar-refractivity contribution in [3.05, 3.63) is 65.7 Å². The van der Waals surface area contributed by atoms with Gasteiger partial charge in [-0.15, -0.1) is 0 Å². The molecule has 23 heavy (non-hydrogen) atoms. The van der Waals surface area contributed by atoms with Crippen molar-refractivity contribution in [1.29, 1.82) is 0 Å². The molecular formula is C18H21NO3S. The summed E-state index contributed by atoms with van der Waals surface area (Å²) in [5, 5.41) is 10.4. The summed E-state index contributed by atoms with van der Waals surface area (Å²) >= 11 is 0. The van der Waals surface area contributed by atoms with Gasteiger partial charge in [0.05, 0.1) is 17.0 Å². The molecule has 2 unspecified atom stereocenters. The van der Waals surface area contributed by atoms with Gasteiger partial charge in [-0.2, -0.15) is 0 Å². The Morgan fingerprint density at radius 1 is 1.13 bits per heavy atom. The van der Waals surface area contributed by atoms with Crippen LogP contribution in [0.15, 0.2) is 59.5 Å². The molecule has 3 rings (SSSR count). The third-order valence-electron chi connectivity index (χ3n) is 4.30. The topological polar surface area (TPSA) is 57.4 Å². The average molecular weight is 331 g/mol. The summed E-state index contributed by atoms with van der Waals surface area (Å²) in [6.45, 7) is 1.80. The first-order valence-electron chi connectivity index (χ1n) is 7.71. The number of hydrogen-bond donors (Lipinski definition) is 1.